The molecule has 2 atom stereocenters. The van der Waals surface area contributed by atoms with Crippen molar-refractivity contribution in [2.45, 2.75) is 25.5 Å². The summed E-state index contributed by atoms with van der Waals surface area (Å²) in [6.07, 6.45) is 4.27. The largest absolute Gasteiger partial charge is 0.472 e. The second kappa shape index (κ2) is 5.01. The first kappa shape index (κ1) is 10.2. The summed E-state index contributed by atoms with van der Waals surface area (Å²) in [6.45, 7) is 2.05. The van der Waals surface area contributed by atoms with Gasteiger partial charge in [0.25, 0.3) is 0 Å². The molecular weight excluding hydrogens is 168 g/mol. The van der Waals surface area contributed by atoms with E-state index in [0.29, 0.717) is 0 Å². The normalized spacial score (nSPS) is 15.6. The van der Waals surface area contributed by atoms with E-state index in [-0.39, 0.29) is 12.1 Å². The summed E-state index contributed by atoms with van der Waals surface area (Å²) in [5.41, 5.74) is 3.73. The Hall–Kier alpha value is -0.840. The summed E-state index contributed by atoms with van der Waals surface area (Å²) in [5.74, 6) is 5.44. The third-order valence-corrected chi connectivity index (χ3v) is 2.16. The molecule has 0 aromatic carbocycles. The molecule has 4 heteroatoms. The van der Waals surface area contributed by atoms with Crippen LogP contribution in [0.3, 0.4) is 0 Å². The Morgan fingerprint density at radius 1 is 1.69 bits per heavy atom. The molecule has 2 unspecified atom stereocenters. The molecule has 0 aliphatic carbocycles. The van der Waals surface area contributed by atoms with E-state index in [1.807, 2.05) is 6.07 Å². The molecule has 13 heavy (non-hydrogen) atoms. The van der Waals surface area contributed by atoms with E-state index in [4.69, 9.17) is 15.0 Å². The lowest BCUT2D eigenvalue weighted by molar-refractivity contribution is 0.0649. The average molecular weight is 184 g/mol. The van der Waals surface area contributed by atoms with E-state index < -0.39 is 0 Å². The molecule has 1 heterocycles. The van der Waals surface area contributed by atoms with E-state index in [9.17, 15) is 0 Å². The van der Waals surface area contributed by atoms with Crippen molar-refractivity contribution in [2.75, 3.05) is 7.11 Å². The summed E-state index contributed by atoms with van der Waals surface area (Å²) < 4.78 is 10.3. The van der Waals surface area contributed by atoms with Crippen molar-refractivity contribution in [1.29, 1.82) is 0 Å². The first-order valence-electron chi connectivity index (χ1n) is 4.34. The standard InChI is InChI=1S/C9H16N2O2/c1-3-8(12-2)9(11-10)7-4-5-13-6-7/h4-6,8-9,11H,3,10H2,1-2H3. The number of rotatable bonds is 5. The predicted molar refractivity (Wildman–Crippen MR) is 49.9 cm³/mol. The van der Waals surface area contributed by atoms with E-state index in [2.05, 4.69) is 12.3 Å². The third kappa shape index (κ3) is 2.30. The highest BCUT2D eigenvalue weighted by Gasteiger charge is 2.20. The van der Waals surface area contributed by atoms with Gasteiger partial charge >= 0.3 is 0 Å². The smallest absolute Gasteiger partial charge is 0.0951 e. The van der Waals surface area contributed by atoms with Crippen molar-refractivity contribution >= 4 is 0 Å². The summed E-state index contributed by atoms with van der Waals surface area (Å²) in [5, 5.41) is 0. The first-order chi connectivity index (χ1) is 6.33. The quantitative estimate of drug-likeness (QED) is 0.533. The van der Waals surface area contributed by atoms with Crippen LogP contribution in [-0.4, -0.2) is 13.2 Å². The fourth-order valence-electron chi connectivity index (χ4n) is 1.41. The van der Waals surface area contributed by atoms with Gasteiger partial charge in [-0.15, -0.1) is 0 Å². The van der Waals surface area contributed by atoms with Gasteiger partial charge in [0.1, 0.15) is 0 Å². The van der Waals surface area contributed by atoms with Gasteiger partial charge in [-0.25, -0.2) is 0 Å². The Balaban J connectivity index is 2.72. The lowest BCUT2D eigenvalue weighted by Crippen LogP contribution is -2.37. The molecule has 0 radical (unpaired) electrons. The van der Waals surface area contributed by atoms with E-state index >= 15 is 0 Å². The number of hydrazine groups is 1. The van der Waals surface area contributed by atoms with Gasteiger partial charge in [-0.2, -0.15) is 0 Å². The van der Waals surface area contributed by atoms with Crippen molar-refractivity contribution in [1.82, 2.24) is 5.43 Å². The maximum absolute atomic E-state index is 5.44. The van der Waals surface area contributed by atoms with Crippen LogP contribution in [0.2, 0.25) is 0 Å². The molecule has 0 bridgehead atoms. The van der Waals surface area contributed by atoms with Gasteiger partial charge in [-0.05, 0) is 12.5 Å². The van der Waals surface area contributed by atoms with Crippen LogP contribution in [0.15, 0.2) is 23.0 Å². The number of nitrogens with one attached hydrogen (secondary N) is 1. The molecule has 0 saturated carbocycles. The van der Waals surface area contributed by atoms with Crippen LogP contribution in [0, 0.1) is 0 Å². The van der Waals surface area contributed by atoms with Crippen molar-refractivity contribution in [3.05, 3.63) is 24.2 Å². The van der Waals surface area contributed by atoms with Gasteiger partial charge in [0.2, 0.25) is 0 Å². The second-order valence-corrected chi connectivity index (χ2v) is 2.88. The maximum Gasteiger partial charge on any atom is 0.0951 e. The molecule has 0 aliphatic rings. The highest BCUT2D eigenvalue weighted by atomic mass is 16.5. The monoisotopic (exact) mass is 184 g/mol. The van der Waals surface area contributed by atoms with Crippen molar-refractivity contribution in [2.24, 2.45) is 5.84 Å². The van der Waals surface area contributed by atoms with Crippen LogP contribution in [0.25, 0.3) is 0 Å². The number of nitrogens with two attached hydrogens (primary N) is 1. The highest BCUT2D eigenvalue weighted by molar-refractivity contribution is 5.12. The van der Waals surface area contributed by atoms with Crippen LogP contribution in [0.4, 0.5) is 0 Å². The summed E-state index contributed by atoms with van der Waals surface area (Å²) >= 11 is 0. The van der Waals surface area contributed by atoms with Gasteiger partial charge in [-0.1, -0.05) is 6.92 Å². The fraction of sp³-hybridized carbons (Fsp3) is 0.556. The van der Waals surface area contributed by atoms with Crippen LogP contribution in [0.1, 0.15) is 24.9 Å². The van der Waals surface area contributed by atoms with Gasteiger partial charge in [0.15, 0.2) is 0 Å². The highest BCUT2D eigenvalue weighted by Crippen LogP contribution is 2.20. The Morgan fingerprint density at radius 3 is 2.85 bits per heavy atom. The molecule has 74 valence electrons. The van der Waals surface area contributed by atoms with Crippen LogP contribution in [0.5, 0.6) is 0 Å². The van der Waals surface area contributed by atoms with E-state index in [0.717, 1.165) is 12.0 Å². The Bertz CT molecular complexity index is 220. The molecule has 0 spiro atoms. The summed E-state index contributed by atoms with van der Waals surface area (Å²) in [7, 11) is 1.68. The van der Waals surface area contributed by atoms with Gasteiger partial charge in [0, 0.05) is 12.7 Å². The fourth-order valence-corrected chi connectivity index (χ4v) is 1.41. The second-order valence-electron chi connectivity index (χ2n) is 2.88. The van der Waals surface area contributed by atoms with Gasteiger partial charge in [0.05, 0.1) is 24.7 Å². The molecule has 3 N–H and O–H groups in total. The van der Waals surface area contributed by atoms with E-state index in [1.165, 1.54) is 0 Å². The molecule has 1 aromatic rings. The maximum atomic E-state index is 5.44. The minimum absolute atomic E-state index is 0.00579. The molecule has 0 aliphatic heterocycles. The third-order valence-electron chi connectivity index (χ3n) is 2.16. The number of ether oxygens (including phenoxy) is 1. The molecule has 0 amide bonds. The van der Waals surface area contributed by atoms with Crippen molar-refractivity contribution < 1.29 is 9.15 Å². The minimum atomic E-state index is -0.00579. The van der Waals surface area contributed by atoms with E-state index in [1.54, 1.807) is 19.6 Å². The molecule has 1 rings (SSSR count). The summed E-state index contributed by atoms with van der Waals surface area (Å²) in [6, 6.07) is 1.88. The lowest BCUT2D eigenvalue weighted by atomic mass is 10.0. The number of hydrogen-bond donors (Lipinski definition) is 2. The van der Waals surface area contributed by atoms with Gasteiger partial charge < -0.3 is 9.15 Å². The van der Waals surface area contributed by atoms with Crippen LogP contribution >= 0.6 is 0 Å². The van der Waals surface area contributed by atoms with Crippen LogP contribution in [-0.2, 0) is 4.74 Å². The van der Waals surface area contributed by atoms with Gasteiger partial charge in [-0.3, -0.25) is 11.3 Å². The topological polar surface area (TPSA) is 60.4 Å². The molecule has 1 aromatic heterocycles. The molecule has 4 nitrogen and oxygen atoms in total. The zero-order valence-corrected chi connectivity index (χ0v) is 7.99. The molecule has 0 fully saturated rings. The van der Waals surface area contributed by atoms with Crippen molar-refractivity contribution in [3.8, 4) is 0 Å². The minimum Gasteiger partial charge on any atom is -0.472 e. The molecule has 0 saturated heterocycles. The number of hydrogen-bond acceptors (Lipinski definition) is 4. The van der Waals surface area contributed by atoms with Crippen molar-refractivity contribution in [3.63, 3.8) is 0 Å². The Kier molecular flexibility index (Phi) is 3.95. The number of methoxy groups -OCH3 is 1. The average Bonchev–Trinajstić information content (AvgIpc) is 2.66. The predicted octanol–water partition coefficient (Wildman–Crippen LogP) is 1.21. The van der Waals surface area contributed by atoms with Crippen LogP contribution < -0.4 is 11.3 Å². The molecular formula is C9H16N2O2. The SMILES string of the molecule is CCC(OC)C(NN)c1ccoc1. The Morgan fingerprint density at radius 2 is 2.46 bits per heavy atom. The summed E-state index contributed by atoms with van der Waals surface area (Å²) in [4.78, 5) is 0. The Labute approximate surface area is 78.0 Å². The zero-order valence-electron chi connectivity index (χ0n) is 7.99. The first-order valence-corrected chi connectivity index (χ1v) is 4.34. The lowest BCUT2D eigenvalue weighted by Gasteiger charge is -2.22. The zero-order chi connectivity index (χ0) is 9.68. The number of furan rings is 1.